The Labute approximate surface area is 162 Å². The maximum Gasteiger partial charge on any atom is 0.264 e. The molecule has 0 radical (unpaired) electrons. The van der Waals surface area contributed by atoms with Crippen LogP contribution in [0.4, 0.5) is 5.69 Å². The Morgan fingerprint density at radius 3 is 2.64 bits per heavy atom. The van der Waals surface area contributed by atoms with Gasteiger partial charge >= 0.3 is 0 Å². The molecule has 0 heterocycles. The first-order valence-electron chi connectivity index (χ1n) is 6.94. The molecule has 25 heavy (non-hydrogen) atoms. The lowest BCUT2D eigenvalue weighted by molar-refractivity contribution is -0.121. The van der Waals surface area contributed by atoms with Gasteiger partial charge in [-0.2, -0.15) is 0 Å². The van der Waals surface area contributed by atoms with Gasteiger partial charge in [-0.15, -0.1) is 0 Å². The van der Waals surface area contributed by atoms with E-state index in [0.29, 0.717) is 16.5 Å². The Kier molecular flexibility index (Phi) is 6.74. The summed E-state index contributed by atoms with van der Waals surface area (Å²) in [4.78, 5) is 23.3. The van der Waals surface area contributed by atoms with E-state index in [2.05, 4.69) is 26.6 Å². The highest BCUT2D eigenvalue weighted by Gasteiger charge is 2.11. The molecule has 2 rings (SSSR count). The summed E-state index contributed by atoms with van der Waals surface area (Å²) in [5, 5.41) is 5.59. The monoisotopic (exact) mass is 441 g/mol. The Bertz CT molecular complexity index is 832. The molecule has 4 N–H and O–H groups in total. The normalized spacial score (nSPS) is 10.0. The predicted octanol–water partition coefficient (Wildman–Crippen LogP) is 3.09. The summed E-state index contributed by atoms with van der Waals surface area (Å²) in [6, 6.07) is 11.6. The van der Waals surface area contributed by atoms with Gasteiger partial charge in [0.25, 0.3) is 11.8 Å². The Morgan fingerprint density at radius 1 is 1.24 bits per heavy atom. The minimum absolute atomic E-state index is 0.0178. The fourth-order valence-electron chi connectivity index (χ4n) is 1.86. The van der Waals surface area contributed by atoms with Gasteiger partial charge in [-0.1, -0.05) is 39.7 Å². The molecule has 2 aromatic carbocycles. The third-order valence-corrected chi connectivity index (χ3v) is 3.94. The Balaban J connectivity index is 1.90. The number of hydrogen-bond acceptors (Lipinski definition) is 4. The third-order valence-electron chi connectivity index (χ3n) is 2.95. The largest absolute Gasteiger partial charge is 0.482 e. The number of ether oxygens (including phenoxy) is 1. The van der Waals surface area contributed by atoms with Crippen LogP contribution in [0.3, 0.4) is 0 Å². The second kappa shape index (κ2) is 8.80. The molecule has 0 unspecified atom stereocenters. The first kappa shape index (κ1) is 19.2. The van der Waals surface area contributed by atoms with E-state index in [1.807, 2.05) is 0 Å². The molecule has 0 saturated carbocycles. The summed E-state index contributed by atoms with van der Waals surface area (Å²) in [6.07, 6.45) is 0. The molecule has 0 saturated heterocycles. The molecule has 0 bridgehead atoms. The van der Waals surface area contributed by atoms with Crippen LogP contribution in [0, 0.1) is 0 Å². The fourth-order valence-corrected chi connectivity index (χ4v) is 2.81. The summed E-state index contributed by atoms with van der Waals surface area (Å²) >= 11 is 14.3. The van der Waals surface area contributed by atoms with Crippen molar-refractivity contribution in [2.75, 3.05) is 11.9 Å². The second-order valence-electron chi connectivity index (χ2n) is 4.78. The lowest BCUT2D eigenvalue weighted by atomic mass is 10.1. The average molecular weight is 443 g/mol. The maximum atomic E-state index is 11.9. The number of amides is 2. The van der Waals surface area contributed by atoms with Crippen molar-refractivity contribution in [3.05, 3.63) is 57.5 Å². The van der Waals surface area contributed by atoms with Gasteiger partial charge in [0.15, 0.2) is 11.7 Å². The van der Waals surface area contributed by atoms with Gasteiger partial charge in [-0.05, 0) is 42.5 Å². The Morgan fingerprint density at radius 2 is 1.96 bits per heavy atom. The third kappa shape index (κ3) is 5.70. The number of thiocarbonyl (C=S) groups is 1. The number of hydrogen-bond donors (Lipinski definition) is 3. The van der Waals surface area contributed by atoms with Crippen LogP contribution in [-0.4, -0.2) is 23.5 Å². The smallest absolute Gasteiger partial charge is 0.264 e. The van der Waals surface area contributed by atoms with Gasteiger partial charge in [-0.25, -0.2) is 0 Å². The van der Waals surface area contributed by atoms with Crippen molar-refractivity contribution in [2.45, 2.75) is 0 Å². The number of nitrogens with one attached hydrogen (secondary N) is 2. The van der Waals surface area contributed by atoms with E-state index in [4.69, 9.17) is 34.3 Å². The number of halogens is 2. The van der Waals surface area contributed by atoms with Gasteiger partial charge < -0.3 is 15.8 Å². The molecule has 9 heteroatoms. The van der Waals surface area contributed by atoms with E-state index in [-0.39, 0.29) is 17.3 Å². The molecule has 0 atom stereocenters. The number of anilines is 1. The highest BCUT2D eigenvalue weighted by atomic mass is 79.9. The second-order valence-corrected chi connectivity index (χ2v) is 6.51. The van der Waals surface area contributed by atoms with Crippen molar-refractivity contribution in [3.8, 4) is 5.75 Å². The number of nitrogens with two attached hydrogens (primary N) is 1. The van der Waals surface area contributed by atoms with Crippen LogP contribution in [0.15, 0.2) is 46.9 Å². The Hall–Kier alpha value is -2.16. The minimum Gasteiger partial charge on any atom is -0.482 e. The van der Waals surface area contributed by atoms with E-state index >= 15 is 0 Å². The molecule has 0 aromatic heterocycles. The zero-order valence-electron chi connectivity index (χ0n) is 12.7. The van der Waals surface area contributed by atoms with Crippen molar-refractivity contribution < 1.29 is 14.3 Å². The van der Waals surface area contributed by atoms with Crippen LogP contribution in [0.5, 0.6) is 5.75 Å². The molecule has 2 aromatic rings. The lowest BCUT2D eigenvalue weighted by Crippen LogP contribution is -2.37. The zero-order valence-corrected chi connectivity index (χ0v) is 15.9. The average Bonchev–Trinajstić information content (AvgIpc) is 2.54. The van der Waals surface area contributed by atoms with Gasteiger partial charge in [0.05, 0.1) is 16.3 Å². The van der Waals surface area contributed by atoms with E-state index in [0.717, 1.165) is 4.47 Å². The van der Waals surface area contributed by atoms with E-state index in [1.165, 1.54) is 0 Å². The van der Waals surface area contributed by atoms with Gasteiger partial charge in [0.2, 0.25) is 0 Å². The van der Waals surface area contributed by atoms with Crippen LogP contribution in [0.1, 0.15) is 10.4 Å². The van der Waals surface area contributed by atoms with Crippen LogP contribution in [-0.2, 0) is 4.79 Å². The topological polar surface area (TPSA) is 93.5 Å². The van der Waals surface area contributed by atoms with Crippen LogP contribution >= 0.6 is 39.7 Å². The van der Waals surface area contributed by atoms with Gasteiger partial charge in [-0.3, -0.25) is 14.9 Å². The first-order valence-corrected chi connectivity index (χ1v) is 8.52. The van der Waals surface area contributed by atoms with Crippen molar-refractivity contribution in [1.29, 1.82) is 0 Å². The number of carbonyl (C=O) groups excluding carboxylic acids is 2. The molecular formula is C16H13BrClN3O3S. The first-order chi connectivity index (χ1) is 11.9. The number of carbonyl (C=O) groups is 2. The summed E-state index contributed by atoms with van der Waals surface area (Å²) in [6.45, 7) is -0.277. The van der Waals surface area contributed by atoms with Crippen molar-refractivity contribution in [1.82, 2.24) is 5.32 Å². The number of benzene rings is 2. The predicted molar refractivity (Wildman–Crippen MR) is 104 cm³/mol. The van der Waals surface area contributed by atoms with Gasteiger partial charge in [0, 0.05) is 4.47 Å². The summed E-state index contributed by atoms with van der Waals surface area (Å²) < 4.78 is 6.14. The highest BCUT2D eigenvalue weighted by Crippen LogP contribution is 2.27. The minimum atomic E-state index is -0.606. The molecule has 2 amide bonds. The van der Waals surface area contributed by atoms with Crippen molar-refractivity contribution >= 4 is 62.4 Å². The number of primary amides is 1. The number of rotatable bonds is 5. The quantitative estimate of drug-likeness (QED) is 0.619. The van der Waals surface area contributed by atoms with Crippen LogP contribution in [0.25, 0.3) is 0 Å². The summed E-state index contributed by atoms with van der Waals surface area (Å²) in [7, 11) is 0. The maximum absolute atomic E-state index is 11.9. The van der Waals surface area contributed by atoms with Gasteiger partial charge in [0.1, 0.15) is 5.75 Å². The van der Waals surface area contributed by atoms with Crippen LogP contribution in [0.2, 0.25) is 5.02 Å². The lowest BCUT2D eigenvalue weighted by Gasteiger charge is -2.12. The molecule has 0 fully saturated rings. The molecule has 0 spiro atoms. The fraction of sp³-hybridized carbons (Fsp3) is 0.0625. The standard InChI is InChI=1S/C16H13BrClN3O3S/c17-9-5-6-13(11(18)7-9)24-8-14(22)21-16(25)20-12-4-2-1-3-10(12)15(19)23/h1-7H,8H2,(H2,19,23)(H2,20,21,22,25). The molecule has 0 aliphatic rings. The molecule has 0 aliphatic carbocycles. The number of para-hydroxylation sites is 1. The summed E-state index contributed by atoms with van der Waals surface area (Å²) in [5.74, 6) is -0.712. The highest BCUT2D eigenvalue weighted by molar-refractivity contribution is 9.10. The van der Waals surface area contributed by atoms with E-state index in [1.54, 1.807) is 42.5 Å². The van der Waals surface area contributed by atoms with E-state index in [9.17, 15) is 9.59 Å². The van der Waals surface area contributed by atoms with Crippen molar-refractivity contribution in [2.24, 2.45) is 5.73 Å². The molecular weight excluding hydrogens is 430 g/mol. The van der Waals surface area contributed by atoms with E-state index < -0.39 is 11.8 Å². The summed E-state index contributed by atoms with van der Waals surface area (Å²) in [5.41, 5.74) is 5.94. The molecule has 0 aliphatic heterocycles. The molecule has 130 valence electrons. The molecule has 6 nitrogen and oxygen atoms in total. The van der Waals surface area contributed by atoms with Crippen molar-refractivity contribution in [3.63, 3.8) is 0 Å². The SMILES string of the molecule is NC(=O)c1ccccc1NC(=S)NC(=O)COc1ccc(Br)cc1Cl. The van der Waals surface area contributed by atoms with Crippen LogP contribution < -0.4 is 21.1 Å². The zero-order chi connectivity index (χ0) is 18.4.